The zero-order chi connectivity index (χ0) is 22.0. The first-order chi connectivity index (χ1) is 13.9. The number of benzene rings is 2. The van der Waals surface area contributed by atoms with Crippen molar-refractivity contribution in [3.8, 4) is 5.75 Å². The first kappa shape index (κ1) is 20.3. The van der Waals surface area contributed by atoms with Crippen LogP contribution >= 0.6 is 0 Å². The summed E-state index contributed by atoms with van der Waals surface area (Å²) in [6.45, 7) is 4.93. The van der Waals surface area contributed by atoms with Gasteiger partial charge in [-0.2, -0.15) is 13.2 Å². The molecule has 0 saturated carbocycles. The van der Waals surface area contributed by atoms with E-state index in [1.807, 2.05) is 0 Å². The number of alkyl halides is 3. The molecule has 0 aromatic heterocycles. The molecule has 0 radical (unpaired) electrons. The minimum Gasteiger partial charge on any atom is -0.481 e. The number of halogens is 3. The lowest BCUT2D eigenvalue weighted by molar-refractivity contribution is -0.138. The number of fused-ring (bicyclic) bond motifs is 2. The minimum atomic E-state index is -4.57. The molecule has 1 N–H and O–H groups in total. The summed E-state index contributed by atoms with van der Waals surface area (Å²) in [4.78, 5) is 14.6. The van der Waals surface area contributed by atoms with Gasteiger partial charge in [0.15, 0.2) is 0 Å². The zero-order valence-electron chi connectivity index (χ0n) is 17.0. The summed E-state index contributed by atoms with van der Waals surface area (Å²) in [6, 6.07) is 9.29. The highest BCUT2D eigenvalue weighted by Gasteiger charge is 2.45. The molecule has 2 aliphatic rings. The summed E-state index contributed by atoms with van der Waals surface area (Å²) >= 11 is 0. The Balaban J connectivity index is 2.02. The highest BCUT2D eigenvalue weighted by atomic mass is 19.4. The maximum atomic E-state index is 13.6. The third-order valence-corrected chi connectivity index (χ3v) is 5.54. The molecule has 0 atom stereocenters. The topological polar surface area (TPSA) is 53.0 Å². The van der Waals surface area contributed by atoms with Crippen molar-refractivity contribution in [3.05, 3.63) is 69.9 Å². The van der Waals surface area contributed by atoms with Crippen molar-refractivity contribution >= 4 is 11.6 Å². The van der Waals surface area contributed by atoms with Crippen LogP contribution in [0.5, 0.6) is 5.75 Å². The molecule has 0 unspecified atom stereocenters. The molecule has 2 aromatic carbocycles. The van der Waals surface area contributed by atoms with Gasteiger partial charge in [-0.15, -0.1) is 0 Å². The summed E-state index contributed by atoms with van der Waals surface area (Å²) in [5, 5.41) is 11.2. The van der Waals surface area contributed by atoms with Crippen LogP contribution in [0.4, 0.5) is 13.2 Å². The van der Waals surface area contributed by atoms with Crippen molar-refractivity contribution < 1.29 is 27.9 Å². The van der Waals surface area contributed by atoms with Crippen molar-refractivity contribution in [1.29, 1.82) is 0 Å². The van der Waals surface area contributed by atoms with E-state index in [-0.39, 0.29) is 40.7 Å². The third-order valence-electron chi connectivity index (χ3n) is 5.54. The molecular weight excluding hydrogens is 397 g/mol. The summed E-state index contributed by atoms with van der Waals surface area (Å²) in [7, 11) is 1.36. The maximum Gasteiger partial charge on any atom is 0.416 e. The van der Waals surface area contributed by atoms with E-state index in [2.05, 4.69) is 0 Å². The normalized spacial score (nSPS) is 17.6. The van der Waals surface area contributed by atoms with E-state index in [9.17, 15) is 23.2 Å². The molecule has 1 amide bonds. The Morgan fingerprint density at radius 3 is 2.43 bits per heavy atom. The van der Waals surface area contributed by atoms with E-state index in [1.165, 1.54) is 24.9 Å². The molecule has 0 saturated heterocycles. The fourth-order valence-electron chi connectivity index (χ4n) is 4.34. The fourth-order valence-corrected chi connectivity index (χ4v) is 4.34. The second kappa shape index (κ2) is 6.50. The van der Waals surface area contributed by atoms with Gasteiger partial charge < -0.3 is 9.64 Å². The van der Waals surface area contributed by atoms with Crippen LogP contribution in [0, 0.1) is 6.92 Å². The number of hydrogen-bond acceptors (Lipinski definition) is 4. The molecular formula is C22H21F3N2O3. The Kier molecular flexibility index (Phi) is 4.39. The fraction of sp³-hybridized carbons (Fsp3) is 0.318. The van der Waals surface area contributed by atoms with Gasteiger partial charge in [0, 0.05) is 18.2 Å². The average Bonchev–Trinajstić information content (AvgIpc) is 2.95. The van der Waals surface area contributed by atoms with Crippen LogP contribution in [0.1, 0.15) is 46.5 Å². The highest BCUT2D eigenvalue weighted by molar-refractivity contribution is 6.04. The summed E-state index contributed by atoms with van der Waals surface area (Å²) in [6.07, 6.45) is -4.57. The van der Waals surface area contributed by atoms with Crippen LogP contribution in [-0.4, -0.2) is 33.7 Å². The Bertz CT molecular complexity index is 1090. The number of nitrogens with zero attached hydrogens (tertiary/aromatic N) is 2. The number of amides is 1. The maximum absolute atomic E-state index is 13.6. The lowest BCUT2D eigenvalue weighted by atomic mass is 9.89. The molecule has 30 heavy (non-hydrogen) atoms. The second-order valence-electron chi connectivity index (χ2n) is 7.99. The summed E-state index contributed by atoms with van der Waals surface area (Å²) < 4.78 is 46.9. The van der Waals surface area contributed by atoms with Crippen molar-refractivity contribution in [2.45, 2.75) is 39.1 Å². The monoisotopic (exact) mass is 418 g/mol. The molecule has 158 valence electrons. The van der Waals surface area contributed by atoms with Crippen molar-refractivity contribution in [3.63, 3.8) is 0 Å². The van der Waals surface area contributed by atoms with Crippen LogP contribution in [0.25, 0.3) is 5.70 Å². The first-order valence-corrected chi connectivity index (χ1v) is 9.41. The molecule has 0 spiro atoms. The molecule has 0 bridgehead atoms. The quantitative estimate of drug-likeness (QED) is 0.710. The van der Waals surface area contributed by atoms with Crippen molar-refractivity contribution in [1.82, 2.24) is 9.96 Å². The third kappa shape index (κ3) is 2.94. The van der Waals surface area contributed by atoms with Crippen LogP contribution in [0.15, 0.2) is 42.1 Å². The van der Waals surface area contributed by atoms with Gasteiger partial charge in [-0.3, -0.25) is 15.1 Å². The van der Waals surface area contributed by atoms with Crippen molar-refractivity contribution in [2.75, 3.05) is 7.05 Å². The van der Waals surface area contributed by atoms with E-state index in [0.717, 1.165) is 16.7 Å². The molecule has 2 aliphatic heterocycles. The van der Waals surface area contributed by atoms with Crippen LogP contribution < -0.4 is 4.74 Å². The van der Waals surface area contributed by atoms with Gasteiger partial charge in [0.05, 0.1) is 17.8 Å². The van der Waals surface area contributed by atoms with E-state index in [4.69, 9.17) is 4.74 Å². The van der Waals surface area contributed by atoms with Gasteiger partial charge in [-0.05, 0) is 50.1 Å². The number of ether oxygens (including phenoxy) is 1. The van der Waals surface area contributed by atoms with Crippen molar-refractivity contribution in [2.24, 2.45) is 0 Å². The highest BCUT2D eigenvalue weighted by Crippen LogP contribution is 2.48. The molecule has 8 heteroatoms. The molecule has 0 fully saturated rings. The Hall–Kier alpha value is -3.00. The van der Waals surface area contributed by atoms with E-state index < -0.39 is 17.3 Å². The molecule has 4 rings (SSSR count). The predicted octanol–water partition coefficient (Wildman–Crippen LogP) is 4.83. The molecule has 2 heterocycles. The standard InChI is InChI=1S/C22H21F3N2O3/c1-12-15(22(23,24)25)9-10-16-17(12)18(19(26(4)29)21(2,3)30-16)27-11-13-7-5-6-8-14(13)20(27)28/h5-10,29H,11H2,1-4H3. The van der Waals surface area contributed by atoms with E-state index >= 15 is 0 Å². The molecule has 5 nitrogen and oxygen atoms in total. The largest absolute Gasteiger partial charge is 0.481 e. The average molecular weight is 418 g/mol. The molecule has 0 aliphatic carbocycles. The number of likely N-dealkylation sites (N-methyl/N-ethyl adjacent to an activating group) is 1. The SMILES string of the molecule is Cc1c(C(F)(F)F)ccc2c1C(N1Cc3ccccc3C1=O)=C(N(C)O)C(C)(C)O2. The van der Waals surface area contributed by atoms with Gasteiger partial charge in [0.25, 0.3) is 5.91 Å². The zero-order valence-corrected chi connectivity index (χ0v) is 17.0. The smallest absolute Gasteiger partial charge is 0.416 e. The van der Waals surface area contributed by atoms with E-state index in [0.29, 0.717) is 5.56 Å². The number of rotatable bonds is 2. The minimum absolute atomic E-state index is 0.0615. The van der Waals surface area contributed by atoms with Gasteiger partial charge in [0.2, 0.25) is 0 Å². The van der Waals surface area contributed by atoms with E-state index in [1.54, 1.807) is 38.1 Å². The van der Waals surface area contributed by atoms with Gasteiger partial charge in [-0.1, -0.05) is 18.2 Å². The number of hydrogen-bond donors (Lipinski definition) is 1. The first-order valence-electron chi connectivity index (χ1n) is 9.41. The second-order valence-corrected chi connectivity index (χ2v) is 7.99. The van der Waals surface area contributed by atoms with Crippen LogP contribution in [0.2, 0.25) is 0 Å². The van der Waals surface area contributed by atoms with Gasteiger partial charge in [0.1, 0.15) is 17.0 Å². The van der Waals surface area contributed by atoms with Gasteiger partial charge >= 0.3 is 6.18 Å². The number of carbonyl (C=O) groups is 1. The predicted molar refractivity (Wildman–Crippen MR) is 104 cm³/mol. The van der Waals surface area contributed by atoms with Crippen LogP contribution in [0.3, 0.4) is 0 Å². The Morgan fingerprint density at radius 2 is 1.83 bits per heavy atom. The Labute approximate surface area is 171 Å². The Morgan fingerprint density at radius 1 is 1.17 bits per heavy atom. The van der Waals surface area contributed by atoms with Gasteiger partial charge in [-0.25, -0.2) is 0 Å². The number of carbonyl (C=O) groups excluding carboxylic acids is 1. The lowest BCUT2D eigenvalue weighted by Gasteiger charge is -2.41. The van der Waals surface area contributed by atoms with Crippen LogP contribution in [-0.2, 0) is 12.7 Å². The number of hydroxylamine groups is 2. The lowest BCUT2D eigenvalue weighted by Crippen LogP contribution is -2.44. The summed E-state index contributed by atoms with van der Waals surface area (Å²) in [5.41, 5.74) is -0.131. The molecule has 2 aromatic rings. The summed E-state index contributed by atoms with van der Waals surface area (Å²) in [5.74, 6) is -0.102.